The lowest BCUT2D eigenvalue weighted by Gasteiger charge is -2.12. The predicted octanol–water partition coefficient (Wildman–Crippen LogP) is 2.69. The second-order valence-electron chi connectivity index (χ2n) is 5.92. The van der Waals surface area contributed by atoms with Crippen molar-refractivity contribution >= 4 is 22.9 Å². The van der Waals surface area contributed by atoms with Gasteiger partial charge in [0, 0.05) is 29.0 Å². The Labute approximate surface area is 130 Å². The summed E-state index contributed by atoms with van der Waals surface area (Å²) in [6.07, 6.45) is 8.06. The monoisotopic (exact) mass is 304 g/mol. The summed E-state index contributed by atoms with van der Waals surface area (Å²) >= 11 is 1.87. The van der Waals surface area contributed by atoms with E-state index in [0.29, 0.717) is 5.75 Å². The molecule has 3 nitrogen and oxygen atoms in total. The number of hydrogen-bond donors (Lipinski definition) is 1. The molecule has 0 radical (unpaired) electrons. The second-order valence-corrected chi connectivity index (χ2v) is 6.99. The molecule has 0 atom stereocenters. The Morgan fingerprint density at radius 2 is 2.14 bits per heavy atom. The number of pyridine rings is 1. The van der Waals surface area contributed by atoms with Gasteiger partial charge in [0.25, 0.3) is 0 Å². The summed E-state index contributed by atoms with van der Waals surface area (Å²) in [7, 11) is 0. The number of nitrogens with zero attached hydrogens (tertiary/aromatic N) is 2. The molecule has 0 amide bonds. The van der Waals surface area contributed by atoms with Gasteiger partial charge >= 0.3 is 0 Å². The minimum Gasteiger partial charge on any atom is -0.507 e. The molecule has 2 aliphatic heterocycles. The molecule has 0 aliphatic carbocycles. The first kappa shape index (κ1) is 14.8. The molecule has 1 aromatic heterocycles. The van der Waals surface area contributed by atoms with Crippen molar-refractivity contribution in [1.29, 1.82) is 0 Å². The summed E-state index contributed by atoms with van der Waals surface area (Å²) in [5.74, 6) is 1.36. The molecule has 0 saturated carbocycles. The molecule has 0 bridgehead atoms. The van der Waals surface area contributed by atoms with E-state index in [9.17, 15) is 5.11 Å². The van der Waals surface area contributed by atoms with Crippen LogP contribution in [0.15, 0.2) is 0 Å². The van der Waals surface area contributed by atoms with Gasteiger partial charge in [-0.25, -0.2) is 4.98 Å². The third kappa shape index (κ3) is 2.78. The maximum Gasteiger partial charge on any atom is 0.132 e. The summed E-state index contributed by atoms with van der Waals surface area (Å²) < 4.78 is 0. The maximum atomic E-state index is 10.6. The Bertz CT molecular complexity index is 654. The van der Waals surface area contributed by atoms with Gasteiger partial charge in [0.05, 0.1) is 22.8 Å². The van der Waals surface area contributed by atoms with Crippen LogP contribution in [0.1, 0.15) is 57.2 Å². The average Bonchev–Trinajstić information content (AvgIpc) is 3.05. The first-order valence-electron chi connectivity index (χ1n) is 8.07. The highest BCUT2D eigenvalue weighted by Gasteiger charge is 2.23. The van der Waals surface area contributed by atoms with Gasteiger partial charge in [0.15, 0.2) is 0 Å². The number of aromatic nitrogens is 1. The Kier molecular flexibility index (Phi) is 4.43. The van der Waals surface area contributed by atoms with E-state index < -0.39 is 0 Å². The van der Waals surface area contributed by atoms with Crippen LogP contribution < -0.4 is 10.6 Å². The van der Waals surface area contributed by atoms with Crippen LogP contribution in [0.4, 0.5) is 0 Å². The first-order valence-corrected chi connectivity index (χ1v) is 9.05. The normalized spacial score (nSPS) is 16.1. The van der Waals surface area contributed by atoms with Gasteiger partial charge in [0.1, 0.15) is 5.75 Å². The van der Waals surface area contributed by atoms with Gasteiger partial charge in [-0.05, 0) is 19.3 Å². The lowest BCUT2D eigenvalue weighted by molar-refractivity contribution is 0.413. The van der Waals surface area contributed by atoms with Gasteiger partial charge in [0.2, 0.25) is 0 Å². The van der Waals surface area contributed by atoms with Crippen molar-refractivity contribution in [3.8, 4) is 5.75 Å². The van der Waals surface area contributed by atoms with E-state index in [-0.39, 0.29) is 0 Å². The predicted molar refractivity (Wildman–Crippen MR) is 89.2 cm³/mol. The summed E-state index contributed by atoms with van der Waals surface area (Å²) in [6.45, 7) is 6.29. The molecule has 0 unspecified atom stereocenters. The molecule has 3 rings (SSSR count). The van der Waals surface area contributed by atoms with Crippen molar-refractivity contribution in [1.82, 2.24) is 9.88 Å². The van der Waals surface area contributed by atoms with Crippen LogP contribution in [0.3, 0.4) is 0 Å². The molecule has 1 N–H and O–H groups in total. The third-order valence-electron chi connectivity index (χ3n) is 4.22. The fourth-order valence-electron chi connectivity index (χ4n) is 3.10. The summed E-state index contributed by atoms with van der Waals surface area (Å²) in [4.78, 5) is 8.54. The first-order chi connectivity index (χ1) is 10.2. The van der Waals surface area contributed by atoms with Gasteiger partial charge in [-0.1, -0.05) is 26.7 Å². The molecule has 0 spiro atoms. The van der Waals surface area contributed by atoms with Crippen molar-refractivity contribution in [3.05, 3.63) is 21.8 Å². The van der Waals surface area contributed by atoms with E-state index in [1.54, 1.807) is 0 Å². The largest absolute Gasteiger partial charge is 0.507 e. The van der Waals surface area contributed by atoms with Crippen LogP contribution in [0, 0.1) is 0 Å². The van der Waals surface area contributed by atoms with E-state index in [1.165, 1.54) is 24.2 Å². The van der Waals surface area contributed by atoms with Gasteiger partial charge in [-0.2, -0.15) is 0 Å². The molecular formula is C17H24N2OS. The topological polar surface area (TPSA) is 36.4 Å². The van der Waals surface area contributed by atoms with Crippen molar-refractivity contribution in [2.24, 2.45) is 0 Å². The highest BCUT2D eigenvalue weighted by Crippen LogP contribution is 2.33. The van der Waals surface area contributed by atoms with Crippen LogP contribution in [-0.2, 0) is 12.3 Å². The van der Waals surface area contributed by atoms with E-state index in [4.69, 9.17) is 4.98 Å². The Balaban J connectivity index is 1.95. The van der Waals surface area contributed by atoms with Gasteiger partial charge in [-0.15, -0.1) is 11.8 Å². The lowest BCUT2D eigenvalue weighted by atomic mass is 10.1. The van der Waals surface area contributed by atoms with E-state index in [2.05, 4.69) is 24.9 Å². The zero-order chi connectivity index (χ0) is 14.8. The molecule has 4 heteroatoms. The molecule has 0 aromatic carbocycles. The maximum absolute atomic E-state index is 10.6. The fourth-order valence-corrected chi connectivity index (χ4v) is 4.29. The van der Waals surface area contributed by atoms with E-state index in [1.807, 2.05) is 11.8 Å². The third-order valence-corrected chi connectivity index (χ3v) is 5.40. The van der Waals surface area contributed by atoms with E-state index >= 15 is 0 Å². The van der Waals surface area contributed by atoms with Crippen LogP contribution in [-0.4, -0.2) is 21.5 Å². The van der Waals surface area contributed by atoms with Gasteiger partial charge < -0.3 is 10.0 Å². The van der Waals surface area contributed by atoms with Gasteiger partial charge in [-0.3, -0.25) is 0 Å². The lowest BCUT2D eigenvalue weighted by Crippen LogP contribution is -2.22. The molecule has 1 aromatic rings. The number of unbranched alkanes of at least 4 members (excludes halogenated alkanes) is 2. The minimum atomic E-state index is 0.478. The minimum absolute atomic E-state index is 0.478. The van der Waals surface area contributed by atoms with Crippen molar-refractivity contribution in [3.63, 3.8) is 0 Å². The Morgan fingerprint density at radius 1 is 1.29 bits per heavy atom. The van der Waals surface area contributed by atoms with Crippen molar-refractivity contribution in [2.75, 3.05) is 6.54 Å². The summed E-state index contributed by atoms with van der Waals surface area (Å²) in [5.41, 5.74) is 2.11. The highest BCUT2D eigenvalue weighted by atomic mass is 32.2. The Hall–Kier alpha value is -1.16. The molecule has 0 saturated heterocycles. The van der Waals surface area contributed by atoms with Crippen LogP contribution in [0.2, 0.25) is 0 Å². The van der Waals surface area contributed by atoms with Crippen LogP contribution >= 0.6 is 11.8 Å². The van der Waals surface area contributed by atoms with Crippen LogP contribution in [0.5, 0.6) is 5.75 Å². The number of hydrogen-bond acceptors (Lipinski definition) is 4. The zero-order valence-electron chi connectivity index (χ0n) is 13.0. The molecular weight excluding hydrogens is 280 g/mol. The molecule has 21 heavy (non-hydrogen) atoms. The molecule has 3 heterocycles. The number of fused-ring (bicyclic) bond motifs is 2. The number of aromatic hydroxyl groups is 1. The van der Waals surface area contributed by atoms with Crippen molar-refractivity contribution < 1.29 is 5.11 Å². The number of rotatable bonds is 6. The molecule has 0 fully saturated rings. The molecule has 2 aliphatic rings. The highest BCUT2D eigenvalue weighted by molar-refractivity contribution is 8.07. The van der Waals surface area contributed by atoms with Crippen molar-refractivity contribution in [2.45, 2.75) is 58.2 Å². The fraction of sp³-hybridized carbons (Fsp3) is 0.588. The summed E-state index contributed by atoms with van der Waals surface area (Å²) in [6, 6.07) is 0. The van der Waals surface area contributed by atoms with E-state index in [0.717, 1.165) is 53.5 Å². The van der Waals surface area contributed by atoms with Crippen LogP contribution in [0.25, 0.3) is 11.1 Å². The zero-order valence-corrected chi connectivity index (χ0v) is 13.8. The Morgan fingerprint density at radius 3 is 2.90 bits per heavy atom. The quantitative estimate of drug-likeness (QED) is 0.820. The number of thioether (sulfide) groups is 1. The SMILES string of the molecule is CCCCCC1=c2nc3c(c(O)c2CS1)=CN(CCC)C3. The smallest absolute Gasteiger partial charge is 0.132 e. The molecule has 114 valence electrons. The average molecular weight is 304 g/mol. The standard InChI is InChI=1S/C17H24N2OS/c1-3-5-6-7-15-16-13(11-21-15)17(20)12-9-19(8-4-2)10-14(12)18-16/h9,20H,3-8,10-11H2,1-2H3. The summed E-state index contributed by atoms with van der Waals surface area (Å²) in [5, 5.41) is 12.6. The second kappa shape index (κ2) is 6.30.